The van der Waals surface area contributed by atoms with Gasteiger partial charge in [0.25, 0.3) is 11.2 Å². The fourth-order valence-electron chi connectivity index (χ4n) is 2.50. The summed E-state index contributed by atoms with van der Waals surface area (Å²) in [6.07, 6.45) is 1.63. The largest absolute Gasteiger partial charge is 0.382 e. The van der Waals surface area contributed by atoms with E-state index in [2.05, 4.69) is 0 Å². The first kappa shape index (κ1) is 17.3. The van der Waals surface area contributed by atoms with Crippen LogP contribution in [0.3, 0.4) is 0 Å². The van der Waals surface area contributed by atoms with Crippen LogP contribution in [0.15, 0.2) is 35.1 Å². The van der Waals surface area contributed by atoms with Gasteiger partial charge in [-0.25, -0.2) is 0 Å². The first-order valence-corrected chi connectivity index (χ1v) is 8.21. The van der Waals surface area contributed by atoms with Crippen LogP contribution in [0.1, 0.15) is 21.6 Å². The van der Waals surface area contributed by atoms with Gasteiger partial charge < -0.3 is 4.90 Å². The zero-order valence-corrected chi connectivity index (χ0v) is 14.6. The standard InChI is InChI=1S/C17H12N4O4S/c1-19(2)9-14-16(23)20-13(7-11(8-18)17(20)26-14)15(22)10-3-5-12(6-4-10)21(24)25/h3-7,9H,1-2H3/b14-9-. The van der Waals surface area contributed by atoms with Crippen LogP contribution >= 0.6 is 11.3 Å². The molecule has 0 unspecified atom stereocenters. The number of carbonyl (C=O) groups is 1. The smallest absolute Gasteiger partial charge is 0.275 e. The lowest BCUT2D eigenvalue weighted by molar-refractivity contribution is -0.384. The minimum absolute atomic E-state index is 0.0602. The molecule has 3 rings (SSSR count). The first-order valence-electron chi connectivity index (χ1n) is 7.39. The van der Waals surface area contributed by atoms with Gasteiger partial charge in [-0.05, 0) is 18.2 Å². The molecule has 0 aliphatic heterocycles. The molecule has 0 aliphatic rings. The molecule has 0 aliphatic carbocycles. The molecule has 0 saturated carbocycles. The summed E-state index contributed by atoms with van der Waals surface area (Å²) in [4.78, 5) is 37.7. The number of nitro benzene ring substituents is 1. The molecule has 0 amide bonds. The third-order valence-electron chi connectivity index (χ3n) is 3.64. The molecule has 9 heteroatoms. The minimum atomic E-state index is -0.560. The van der Waals surface area contributed by atoms with E-state index in [0.717, 1.165) is 11.3 Å². The minimum Gasteiger partial charge on any atom is -0.382 e. The zero-order valence-electron chi connectivity index (χ0n) is 13.8. The average molecular weight is 368 g/mol. The van der Waals surface area contributed by atoms with E-state index < -0.39 is 10.7 Å². The third kappa shape index (κ3) is 2.82. The van der Waals surface area contributed by atoms with Crippen molar-refractivity contribution < 1.29 is 9.72 Å². The lowest BCUT2D eigenvalue weighted by Gasteiger charge is -2.01. The normalized spacial score (nSPS) is 11.5. The Labute approximate surface area is 151 Å². The van der Waals surface area contributed by atoms with Crippen molar-refractivity contribution in [3.05, 3.63) is 72.2 Å². The van der Waals surface area contributed by atoms with E-state index in [1.807, 2.05) is 6.07 Å². The lowest BCUT2D eigenvalue weighted by Crippen LogP contribution is -2.27. The second-order valence-electron chi connectivity index (χ2n) is 5.69. The molecule has 1 aromatic carbocycles. The Kier molecular flexibility index (Phi) is 4.28. The van der Waals surface area contributed by atoms with E-state index in [1.165, 1.54) is 34.7 Å². The van der Waals surface area contributed by atoms with Crippen LogP contribution in [0, 0.1) is 21.4 Å². The molecule has 2 heterocycles. The summed E-state index contributed by atoms with van der Waals surface area (Å²) in [7, 11) is 3.53. The molecular weight excluding hydrogens is 356 g/mol. The maximum Gasteiger partial charge on any atom is 0.275 e. The summed E-state index contributed by atoms with van der Waals surface area (Å²) < 4.78 is 1.63. The van der Waals surface area contributed by atoms with Crippen LogP contribution in [0.2, 0.25) is 0 Å². The highest BCUT2D eigenvalue weighted by Gasteiger charge is 2.21. The van der Waals surface area contributed by atoms with Gasteiger partial charge in [0.15, 0.2) is 0 Å². The van der Waals surface area contributed by atoms with Crippen LogP contribution in [0.5, 0.6) is 0 Å². The Morgan fingerprint density at radius 2 is 2.00 bits per heavy atom. The monoisotopic (exact) mass is 368 g/mol. The lowest BCUT2D eigenvalue weighted by atomic mass is 10.1. The van der Waals surface area contributed by atoms with Crippen LogP contribution in [-0.4, -0.2) is 34.1 Å². The number of hydrogen-bond donors (Lipinski definition) is 0. The number of fused-ring (bicyclic) bond motifs is 1. The maximum atomic E-state index is 12.8. The van der Waals surface area contributed by atoms with Gasteiger partial charge in [0.2, 0.25) is 5.78 Å². The van der Waals surface area contributed by atoms with Gasteiger partial charge in [0.1, 0.15) is 15.4 Å². The second-order valence-corrected chi connectivity index (χ2v) is 6.72. The van der Waals surface area contributed by atoms with Crippen molar-refractivity contribution in [1.29, 1.82) is 5.26 Å². The maximum absolute atomic E-state index is 12.8. The van der Waals surface area contributed by atoms with E-state index in [-0.39, 0.29) is 28.1 Å². The van der Waals surface area contributed by atoms with Gasteiger partial charge in [-0.1, -0.05) is 0 Å². The second kappa shape index (κ2) is 6.42. The summed E-state index contributed by atoms with van der Waals surface area (Å²) in [5.41, 5.74) is -0.0306. The molecule has 0 fully saturated rings. The highest BCUT2D eigenvalue weighted by molar-refractivity contribution is 7.15. The molecule has 0 spiro atoms. The summed E-state index contributed by atoms with van der Waals surface area (Å²) in [6.45, 7) is 0. The Bertz CT molecular complexity index is 1180. The number of ketones is 1. The predicted molar refractivity (Wildman–Crippen MR) is 96.2 cm³/mol. The highest BCUT2D eigenvalue weighted by atomic mass is 32.1. The van der Waals surface area contributed by atoms with E-state index in [1.54, 1.807) is 25.2 Å². The molecule has 130 valence electrons. The Morgan fingerprint density at radius 1 is 1.35 bits per heavy atom. The first-order chi connectivity index (χ1) is 12.3. The summed E-state index contributed by atoms with van der Waals surface area (Å²) in [5, 5.41) is 20.1. The SMILES string of the molecule is CN(C)/C=c1\sc2c(C#N)cc(C(=O)c3ccc([N+](=O)[O-])cc3)n2c1=O. The van der Waals surface area contributed by atoms with Gasteiger partial charge in [-0.15, -0.1) is 11.3 Å². The average Bonchev–Trinajstić information content (AvgIpc) is 3.12. The van der Waals surface area contributed by atoms with Crippen molar-refractivity contribution in [2.24, 2.45) is 0 Å². The summed E-state index contributed by atoms with van der Waals surface area (Å²) in [5.74, 6) is -0.484. The Morgan fingerprint density at radius 3 is 2.54 bits per heavy atom. The third-order valence-corrected chi connectivity index (χ3v) is 4.74. The Balaban J connectivity index is 2.20. The predicted octanol–water partition coefficient (Wildman–Crippen LogP) is 1.39. The molecular formula is C17H12N4O4S. The number of nitrogens with zero attached hydrogens (tertiary/aromatic N) is 4. The number of nitriles is 1. The molecule has 0 radical (unpaired) electrons. The van der Waals surface area contributed by atoms with Crippen molar-refractivity contribution in [2.75, 3.05) is 14.1 Å². The van der Waals surface area contributed by atoms with Crippen molar-refractivity contribution in [3.63, 3.8) is 0 Å². The number of aromatic nitrogens is 1. The summed E-state index contributed by atoms with van der Waals surface area (Å²) in [6, 6.07) is 8.47. The number of carbonyl (C=O) groups excluding carboxylic acids is 1. The van der Waals surface area contributed by atoms with E-state index in [0.29, 0.717) is 9.36 Å². The number of nitro groups is 1. The Hall–Kier alpha value is -3.51. The van der Waals surface area contributed by atoms with Crippen LogP contribution < -0.4 is 10.1 Å². The van der Waals surface area contributed by atoms with Crippen molar-refractivity contribution in [2.45, 2.75) is 0 Å². The number of rotatable bonds is 4. The number of non-ortho nitro benzene ring substituents is 1. The molecule has 26 heavy (non-hydrogen) atoms. The van der Waals surface area contributed by atoms with Crippen LogP contribution in [-0.2, 0) is 0 Å². The molecule has 0 saturated heterocycles. The quantitative estimate of drug-likeness (QED) is 0.391. The van der Waals surface area contributed by atoms with Gasteiger partial charge >= 0.3 is 0 Å². The fourth-order valence-corrected chi connectivity index (χ4v) is 3.64. The fraction of sp³-hybridized carbons (Fsp3) is 0.118. The highest BCUT2D eigenvalue weighted by Crippen LogP contribution is 2.21. The van der Waals surface area contributed by atoms with Gasteiger partial charge in [0.05, 0.1) is 16.2 Å². The number of benzene rings is 1. The molecule has 2 aromatic heterocycles. The van der Waals surface area contributed by atoms with Gasteiger partial charge in [-0.2, -0.15) is 5.26 Å². The number of thiazole rings is 1. The van der Waals surface area contributed by atoms with E-state index in [4.69, 9.17) is 0 Å². The van der Waals surface area contributed by atoms with E-state index in [9.17, 15) is 25.0 Å². The molecule has 0 N–H and O–H groups in total. The summed E-state index contributed by atoms with van der Waals surface area (Å²) >= 11 is 1.13. The molecule has 0 bridgehead atoms. The van der Waals surface area contributed by atoms with Crippen LogP contribution in [0.4, 0.5) is 5.69 Å². The van der Waals surface area contributed by atoms with Gasteiger partial charge in [0, 0.05) is 38.0 Å². The van der Waals surface area contributed by atoms with Crippen LogP contribution in [0.25, 0.3) is 11.0 Å². The zero-order chi connectivity index (χ0) is 19.0. The van der Waals surface area contributed by atoms with Crippen molar-refractivity contribution >= 4 is 33.8 Å². The number of hydrogen-bond acceptors (Lipinski definition) is 7. The van der Waals surface area contributed by atoms with Crippen molar-refractivity contribution in [1.82, 2.24) is 9.30 Å². The molecule has 3 aromatic rings. The molecule has 8 nitrogen and oxygen atoms in total. The topological polar surface area (TPSA) is 109 Å². The van der Waals surface area contributed by atoms with Gasteiger partial charge in [-0.3, -0.25) is 24.1 Å². The molecule has 0 atom stereocenters. The van der Waals surface area contributed by atoms with Crippen molar-refractivity contribution in [3.8, 4) is 6.07 Å². The van der Waals surface area contributed by atoms with E-state index >= 15 is 0 Å².